The van der Waals surface area contributed by atoms with Gasteiger partial charge in [0.2, 0.25) is 0 Å². The fourth-order valence-corrected chi connectivity index (χ4v) is 2.19. The lowest BCUT2D eigenvalue weighted by atomic mass is 10.2. The predicted octanol–water partition coefficient (Wildman–Crippen LogP) is 4.49. The van der Waals surface area contributed by atoms with Gasteiger partial charge in [0.15, 0.2) is 0 Å². The van der Waals surface area contributed by atoms with Gasteiger partial charge in [0, 0.05) is 5.69 Å². The molecular formula is C17H11ClF6N2O4. The zero-order valence-electron chi connectivity index (χ0n) is 14.4. The molecular weight excluding hydrogens is 446 g/mol. The number of hydrogen-bond acceptors (Lipinski definition) is 4. The van der Waals surface area contributed by atoms with Crippen molar-refractivity contribution in [1.29, 1.82) is 0 Å². The molecule has 30 heavy (non-hydrogen) atoms. The predicted molar refractivity (Wildman–Crippen MR) is 92.1 cm³/mol. The Bertz CT molecular complexity index is 935. The van der Waals surface area contributed by atoms with Gasteiger partial charge in [-0.05, 0) is 36.4 Å². The van der Waals surface area contributed by atoms with Gasteiger partial charge < -0.3 is 15.2 Å². The van der Waals surface area contributed by atoms with E-state index in [-0.39, 0.29) is 16.3 Å². The number of halogens is 7. The molecule has 13 heteroatoms. The van der Waals surface area contributed by atoms with Gasteiger partial charge in [-0.15, -0.1) is 0 Å². The summed E-state index contributed by atoms with van der Waals surface area (Å²) in [6.45, 7) is 0. The summed E-state index contributed by atoms with van der Waals surface area (Å²) in [4.78, 5) is 23.8. The smallest absolute Gasteiger partial charge is 0.428 e. The number of carbonyl (C=O) groups is 2. The summed E-state index contributed by atoms with van der Waals surface area (Å²) in [5.41, 5.74) is -0.0786. The van der Waals surface area contributed by atoms with E-state index in [2.05, 4.69) is 10.1 Å². The fourth-order valence-electron chi connectivity index (χ4n) is 1.97. The van der Waals surface area contributed by atoms with Crippen LogP contribution in [0.5, 0.6) is 5.75 Å². The zero-order valence-corrected chi connectivity index (χ0v) is 15.2. The average molecular weight is 457 g/mol. The molecule has 1 atom stereocenters. The molecule has 2 aromatic carbocycles. The van der Waals surface area contributed by atoms with Crippen molar-refractivity contribution in [2.24, 2.45) is 0 Å². The number of anilines is 1. The normalized spacial score (nSPS) is 13.9. The number of rotatable bonds is 5. The Balaban J connectivity index is 2.01. The van der Waals surface area contributed by atoms with Gasteiger partial charge in [-0.2, -0.15) is 26.3 Å². The van der Waals surface area contributed by atoms with Gasteiger partial charge >= 0.3 is 24.2 Å². The highest BCUT2D eigenvalue weighted by Crippen LogP contribution is 2.44. The van der Waals surface area contributed by atoms with Crippen LogP contribution in [0.1, 0.15) is 10.4 Å². The van der Waals surface area contributed by atoms with Crippen molar-refractivity contribution in [2.75, 3.05) is 5.32 Å². The minimum Gasteiger partial charge on any atom is -0.428 e. The van der Waals surface area contributed by atoms with Crippen molar-refractivity contribution in [1.82, 2.24) is 5.32 Å². The molecule has 1 unspecified atom stereocenters. The summed E-state index contributed by atoms with van der Waals surface area (Å²) in [6.07, 6.45) is -12.0. The Morgan fingerprint density at radius 1 is 0.933 bits per heavy atom. The monoisotopic (exact) mass is 456 g/mol. The number of aliphatic hydroxyl groups is 1. The highest BCUT2D eigenvalue weighted by atomic mass is 35.5. The summed E-state index contributed by atoms with van der Waals surface area (Å²) >= 11 is 5.81. The molecule has 6 nitrogen and oxygen atoms in total. The van der Waals surface area contributed by atoms with Crippen molar-refractivity contribution >= 4 is 29.2 Å². The Morgan fingerprint density at radius 2 is 1.50 bits per heavy atom. The van der Waals surface area contributed by atoms with Crippen LogP contribution in [0, 0.1) is 0 Å². The van der Waals surface area contributed by atoms with Crippen molar-refractivity contribution in [3.8, 4) is 5.75 Å². The number of amides is 3. The molecule has 0 heterocycles. The van der Waals surface area contributed by atoms with Crippen LogP contribution in [0.2, 0.25) is 5.02 Å². The maximum atomic E-state index is 13.3. The molecule has 0 radical (unpaired) electrons. The molecule has 3 amide bonds. The van der Waals surface area contributed by atoms with E-state index in [0.29, 0.717) is 12.1 Å². The van der Waals surface area contributed by atoms with E-state index in [0.717, 1.165) is 12.1 Å². The van der Waals surface area contributed by atoms with E-state index in [9.17, 15) is 35.9 Å². The fraction of sp³-hybridized carbons (Fsp3) is 0.176. The number of carbonyl (C=O) groups excluding carboxylic acids is 2. The molecule has 162 valence electrons. The van der Waals surface area contributed by atoms with E-state index in [1.165, 1.54) is 18.2 Å². The van der Waals surface area contributed by atoms with Crippen LogP contribution in [0.25, 0.3) is 0 Å². The number of benzene rings is 2. The lowest BCUT2D eigenvalue weighted by molar-refractivity contribution is -0.429. The molecule has 2 aromatic rings. The van der Waals surface area contributed by atoms with Gasteiger partial charge in [-0.25, -0.2) is 4.79 Å². The third-order valence-electron chi connectivity index (χ3n) is 3.47. The molecule has 0 saturated carbocycles. The van der Waals surface area contributed by atoms with E-state index in [1.807, 2.05) is 5.32 Å². The van der Waals surface area contributed by atoms with E-state index >= 15 is 0 Å². The molecule has 0 spiro atoms. The summed E-state index contributed by atoms with van der Waals surface area (Å²) < 4.78 is 80.0. The molecule has 0 fully saturated rings. The second kappa shape index (κ2) is 8.40. The van der Waals surface area contributed by atoms with Crippen LogP contribution in [0.4, 0.5) is 36.8 Å². The largest absolute Gasteiger partial charge is 0.469 e. The number of nitrogens with one attached hydrogen (secondary N) is 2. The number of alkyl halides is 6. The van der Waals surface area contributed by atoms with Crippen molar-refractivity contribution in [3.63, 3.8) is 0 Å². The Kier molecular flexibility index (Phi) is 6.52. The van der Waals surface area contributed by atoms with Crippen LogP contribution >= 0.6 is 11.6 Å². The molecule has 0 aromatic heterocycles. The van der Waals surface area contributed by atoms with E-state index < -0.39 is 35.8 Å². The summed E-state index contributed by atoms with van der Waals surface area (Å²) in [5.74, 6) is -7.72. The average Bonchev–Trinajstić information content (AvgIpc) is 2.62. The topological polar surface area (TPSA) is 87.7 Å². The molecule has 0 aliphatic heterocycles. The first-order valence-electron chi connectivity index (χ1n) is 7.76. The highest BCUT2D eigenvalue weighted by molar-refractivity contribution is 6.34. The van der Waals surface area contributed by atoms with E-state index in [4.69, 9.17) is 16.7 Å². The number of imide groups is 1. The Hall–Kier alpha value is -2.99. The van der Waals surface area contributed by atoms with Crippen LogP contribution in [-0.2, 0) is 0 Å². The first-order chi connectivity index (χ1) is 13.7. The molecule has 3 N–H and O–H groups in total. The second-order valence-corrected chi connectivity index (χ2v) is 6.06. The van der Waals surface area contributed by atoms with Crippen molar-refractivity contribution in [3.05, 3.63) is 59.1 Å². The first-order valence-corrected chi connectivity index (χ1v) is 8.14. The quantitative estimate of drug-likeness (QED) is 0.578. The molecule has 0 aliphatic rings. The minimum atomic E-state index is -6.32. The third kappa shape index (κ3) is 5.13. The highest BCUT2D eigenvalue weighted by Gasteiger charge is 2.73. The Labute approximate surface area is 169 Å². The lowest BCUT2D eigenvalue weighted by Gasteiger charge is -2.29. The third-order valence-corrected chi connectivity index (χ3v) is 3.79. The maximum Gasteiger partial charge on any atom is 0.469 e. The molecule has 0 saturated heterocycles. The minimum absolute atomic E-state index is 0.00340. The number of urea groups is 1. The van der Waals surface area contributed by atoms with Gasteiger partial charge in [0.05, 0.1) is 10.6 Å². The van der Waals surface area contributed by atoms with Gasteiger partial charge in [0.1, 0.15) is 5.75 Å². The van der Waals surface area contributed by atoms with E-state index in [1.54, 1.807) is 6.07 Å². The maximum absolute atomic E-state index is 13.3. The summed E-state index contributed by atoms with van der Waals surface area (Å²) in [7, 11) is 0. The van der Waals surface area contributed by atoms with Crippen LogP contribution in [0.3, 0.4) is 0 Å². The molecule has 0 bridgehead atoms. The second-order valence-electron chi connectivity index (χ2n) is 5.65. The van der Waals surface area contributed by atoms with Gasteiger partial charge in [-0.1, -0.05) is 23.7 Å². The lowest BCUT2D eigenvalue weighted by Crippen LogP contribution is -2.58. The summed E-state index contributed by atoms with van der Waals surface area (Å²) in [5, 5.41) is 12.6. The van der Waals surface area contributed by atoms with Crippen LogP contribution in [-0.4, -0.2) is 35.2 Å². The molecule has 2 rings (SSSR count). The van der Waals surface area contributed by atoms with Crippen LogP contribution < -0.4 is 15.4 Å². The standard InChI is InChI=1S/C17H11ClF6N2O4/c18-12-4-2-1-3-11(12)13(27)26-14(28)25-9-5-7-10(8-6-9)30-17(23,24)15(19,29)16(20,21)22/h1-8,29H,(H2,25,26,27,28). The SMILES string of the molecule is O=C(NC(=O)c1ccccc1Cl)Nc1ccc(OC(F)(F)C(O)(F)C(F)(F)F)cc1. The first kappa shape index (κ1) is 23.3. The van der Waals surface area contributed by atoms with Gasteiger partial charge in [-0.3, -0.25) is 10.1 Å². The zero-order chi connectivity index (χ0) is 22.7. The van der Waals surface area contributed by atoms with Gasteiger partial charge in [0.25, 0.3) is 5.91 Å². The van der Waals surface area contributed by atoms with Crippen LogP contribution in [0.15, 0.2) is 48.5 Å². The molecule has 0 aliphatic carbocycles. The Morgan fingerprint density at radius 3 is 2.03 bits per heavy atom. The van der Waals surface area contributed by atoms with Crippen molar-refractivity contribution in [2.45, 2.75) is 18.1 Å². The number of ether oxygens (including phenoxy) is 1. The summed E-state index contributed by atoms with van der Waals surface area (Å²) in [6, 6.07) is 7.97. The van der Waals surface area contributed by atoms with Crippen molar-refractivity contribution < 1.29 is 45.8 Å². The number of hydrogen-bond donors (Lipinski definition) is 3.